The lowest BCUT2D eigenvalue weighted by atomic mass is 10.1. The molecular formula is C19H22ClFN2O. The van der Waals surface area contributed by atoms with E-state index in [9.17, 15) is 9.18 Å². The maximum atomic E-state index is 13.9. The molecule has 1 atom stereocenters. The Bertz CT molecular complexity index is 728. The van der Waals surface area contributed by atoms with Crippen molar-refractivity contribution in [3.05, 3.63) is 63.9 Å². The van der Waals surface area contributed by atoms with Gasteiger partial charge in [0.1, 0.15) is 5.82 Å². The lowest BCUT2D eigenvalue weighted by Crippen LogP contribution is -2.39. The number of carbonyl (C=O) groups excluding carboxylic acids is 1. The predicted octanol–water partition coefficient (Wildman–Crippen LogP) is 4.55. The van der Waals surface area contributed by atoms with E-state index >= 15 is 0 Å². The van der Waals surface area contributed by atoms with E-state index < -0.39 is 6.04 Å². The Morgan fingerprint density at radius 2 is 2.00 bits per heavy atom. The molecule has 0 saturated heterocycles. The SMILES string of the molecule is Cc1ccc(C)c(NC(=O)[C@@H](C)N(C)Cc2c(F)cccc2Cl)c1. The number of carbonyl (C=O) groups is 1. The van der Waals surface area contributed by atoms with Crippen molar-refractivity contribution >= 4 is 23.2 Å². The number of rotatable bonds is 5. The van der Waals surface area contributed by atoms with Gasteiger partial charge >= 0.3 is 0 Å². The Morgan fingerprint density at radius 3 is 2.67 bits per heavy atom. The summed E-state index contributed by atoms with van der Waals surface area (Å²) in [6, 6.07) is 10.1. The van der Waals surface area contributed by atoms with Crippen LogP contribution in [0.2, 0.25) is 5.02 Å². The van der Waals surface area contributed by atoms with Crippen molar-refractivity contribution in [1.29, 1.82) is 0 Å². The number of likely N-dealkylation sites (N-methyl/N-ethyl adjacent to an activating group) is 1. The fourth-order valence-corrected chi connectivity index (χ4v) is 2.60. The molecule has 0 heterocycles. The number of nitrogens with zero attached hydrogens (tertiary/aromatic N) is 1. The third kappa shape index (κ3) is 4.34. The average molecular weight is 349 g/mol. The van der Waals surface area contributed by atoms with E-state index in [4.69, 9.17) is 11.6 Å². The van der Waals surface area contributed by atoms with Crippen molar-refractivity contribution in [3.8, 4) is 0 Å². The fraction of sp³-hybridized carbons (Fsp3) is 0.316. The molecule has 0 unspecified atom stereocenters. The highest BCUT2D eigenvalue weighted by molar-refractivity contribution is 6.31. The second-order valence-electron chi connectivity index (χ2n) is 6.10. The van der Waals surface area contributed by atoms with Crippen LogP contribution in [0, 0.1) is 19.7 Å². The number of anilines is 1. The van der Waals surface area contributed by atoms with Gasteiger partial charge in [-0.1, -0.05) is 29.8 Å². The van der Waals surface area contributed by atoms with Crippen molar-refractivity contribution in [2.45, 2.75) is 33.4 Å². The van der Waals surface area contributed by atoms with Gasteiger partial charge in [-0.15, -0.1) is 0 Å². The zero-order valence-corrected chi connectivity index (χ0v) is 15.1. The number of hydrogen-bond acceptors (Lipinski definition) is 2. The summed E-state index contributed by atoms with van der Waals surface area (Å²) in [6.07, 6.45) is 0. The Kier molecular flexibility index (Phi) is 5.97. The smallest absolute Gasteiger partial charge is 0.241 e. The average Bonchev–Trinajstić information content (AvgIpc) is 2.53. The second kappa shape index (κ2) is 7.77. The van der Waals surface area contributed by atoms with E-state index in [1.807, 2.05) is 32.0 Å². The topological polar surface area (TPSA) is 32.3 Å². The number of aryl methyl sites for hydroxylation is 2. The van der Waals surface area contributed by atoms with Gasteiger partial charge in [0.2, 0.25) is 5.91 Å². The molecule has 5 heteroatoms. The number of hydrogen-bond donors (Lipinski definition) is 1. The first-order valence-electron chi connectivity index (χ1n) is 7.81. The molecule has 0 radical (unpaired) electrons. The normalized spacial score (nSPS) is 12.3. The molecule has 1 N–H and O–H groups in total. The minimum Gasteiger partial charge on any atom is -0.324 e. The molecule has 0 aliphatic rings. The monoisotopic (exact) mass is 348 g/mol. The van der Waals surface area contributed by atoms with E-state index in [1.165, 1.54) is 6.07 Å². The molecule has 0 bridgehead atoms. The molecular weight excluding hydrogens is 327 g/mol. The Balaban J connectivity index is 2.08. The van der Waals surface area contributed by atoms with E-state index in [0.29, 0.717) is 10.6 Å². The second-order valence-corrected chi connectivity index (χ2v) is 6.51. The van der Waals surface area contributed by atoms with E-state index in [2.05, 4.69) is 5.32 Å². The number of benzene rings is 2. The molecule has 0 saturated carbocycles. The summed E-state index contributed by atoms with van der Waals surface area (Å²) in [6.45, 7) is 5.97. The van der Waals surface area contributed by atoms with Crippen molar-refractivity contribution < 1.29 is 9.18 Å². The van der Waals surface area contributed by atoms with Crippen LogP contribution in [-0.2, 0) is 11.3 Å². The zero-order chi connectivity index (χ0) is 17.9. The molecule has 2 aromatic carbocycles. The van der Waals surface area contributed by atoms with E-state index in [-0.39, 0.29) is 18.3 Å². The largest absolute Gasteiger partial charge is 0.324 e. The Hall–Kier alpha value is -1.91. The molecule has 2 rings (SSSR count). The summed E-state index contributed by atoms with van der Waals surface area (Å²) in [5, 5.41) is 3.30. The molecule has 0 aromatic heterocycles. The quantitative estimate of drug-likeness (QED) is 0.859. The fourth-order valence-electron chi connectivity index (χ4n) is 2.38. The molecule has 128 valence electrons. The summed E-state index contributed by atoms with van der Waals surface area (Å²) in [5.41, 5.74) is 3.27. The van der Waals surface area contributed by atoms with Gasteiger partial charge < -0.3 is 5.32 Å². The van der Waals surface area contributed by atoms with Crippen LogP contribution in [0.3, 0.4) is 0 Å². The van der Waals surface area contributed by atoms with E-state index in [0.717, 1.165) is 16.8 Å². The van der Waals surface area contributed by atoms with Crippen molar-refractivity contribution in [2.24, 2.45) is 0 Å². The molecule has 0 fully saturated rings. The van der Waals surface area contributed by atoms with Crippen molar-refractivity contribution in [1.82, 2.24) is 4.90 Å². The minimum absolute atomic E-state index is 0.140. The van der Waals surface area contributed by atoms with Gasteiger partial charge in [0.25, 0.3) is 0 Å². The van der Waals surface area contributed by atoms with Gasteiger partial charge in [-0.25, -0.2) is 4.39 Å². The Morgan fingerprint density at radius 1 is 1.29 bits per heavy atom. The molecule has 0 spiro atoms. The summed E-state index contributed by atoms with van der Waals surface area (Å²) in [5.74, 6) is -0.504. The lowest BCUT2D eigenvalue weighted by molar-refractivity contribution is -0.120. The van der Waals surface area contributed by atoms with Gasteiger partial charge in [0.15, 0.2) is 0 Å². The molecule has 0 aliphatic heterocycles. The summed E-state index contributed by atoms with van der Waals surface area (Å²) in [7, 11) is 1.77. The van der Waals surface area contributed by atoms with Crippen LogP contribution >= 0.6 is 11.6 Å². The lowest BCUT2D eigenvalue weighted by Gasteiger charge is -2.25. The summed E-state index contributed by atoms with van der Waals surface area (Å²) >= 11 is 6.06. The van der Waals surface area contributed by atoms with Gasteiger partial charge in [0.05, 0.1) is 6.04 Å². The van der Waals surface area contributed by atoms with Crippen LogP contribution in [0.4, 0.5) is 10.1 Å². The van der Waals surface area contributed by atoms with Crippen LogP contribution < -0.4 is 5.32 Å². The molecule has 3 nitrogen and oxygen atoms in total. The Labute approximate surface area is 147 Å². The summed E-state index contributed by atoms with van der Waals surface area (Å²) < 4.78 is 13.9. The third-order valence-electron chi connectivity index (χ3n) is 4.16. The van der Waals surface area contributed by atoms with Gasteiger partial charge in [-0.3, -0.25) is 9.69 Å². The molecule has 1 amide bonds. The molecule has 0 aliphatic carbocycles. The molecule has 24 heavy (non-hydrogen) atoms. The van der Waals surface area contributed by atoms with Crippen LogP contribution in [0.15, 0.2) is 36.4 Å². The third-order valence-corrected chi connectivity index (χ3v) is 4.51. The number of nitrogens with one attached hydrogen (secondary N) is 1. The highest BCUT2D eigenvalue weighted by atomic mass is 35.5. The first-order chi connectivity index (χ1) is 11.3. The number of amides is 1. The van der Waals surface area contributed by atoms with Crippen LogP contribution in [0.25, 0.3) is 0 Å². The molecule has 2 aromatic rings. The van der Waals surface area contributed by atoms with Crippen LogP contribution in [0.5, 0.6) is 0 Å². The standard InChI is InChI=1S/C19H22ClFN2O/c1-12-8-9-13(2)18(10-12)22-19(24)14(3)23(4)11-15-16(20)6-5-7-17(15)21/h5-10,14H,11H2,1-4H3,(H,22,24)/t14-/m1/s1. The highest BCUT2D eigenvalue weighted by Gasteiger charge is 2.21. The first-order valence-corrected chi connectivity index (χ1v) is 8.18. The predicted molar refractivity (Wildman–Crippen MR) is 96.9 cm³/mol. The van der Waals surface area contributed by atoms with Gasteiger partial charge in [-0.2, -0.15) is 0 Å². The van der Waals surface area contributed by atoms with Crippen LogP contribution in [0.1, 0.15) is 23.6 Å². The zero-order valence-electron chi connectivity index (χ0n) is 14.4. The van der Waals surface area contributed by atoms with Gasteiger partial charge in [0, 0.05) is 22.8 Å². The van der Waals surface area contributed by atoms with E-state index in [1.54, 1.807) is 31.0 Å². The summed E-state index contributed by atoms with van der Waals surface area (Å²) in [4.78, 5) is 14.3. The van der Waals surface area contributed by atoms with Crippen molar-refractivity contribution in [2.75, 3.05) is 12.4 Å². The maximum absolute atomic E-state index is 13.9. The minimum atomic E-state index is -0.430. The van der Waals surface area contributed by atoms with Crippen molar-refractivity contribution in [3.63, 3.8) is 0 Å². The number of halogens is 2. The maximum Gasteiger partial charge on any atom is 0.241 e. The highest BCUT2D eigenvalue weighted by Crippen LogP contribution is 2.22. The van der Waals surface area contributed by atoms with Gasteiger partial charge in [-0.05, 0) is 57.1 Å². The van der Waals surface area contributed by atoms with Crippen LogP contribution in [-0.4, -0.2) is 23.9 Å². The first kappa shape index (κ1) is 18.4.